The Morgan fingerprint density at radius 3 is 1.65 bits per heavy atom. The molecule has 2 unspecified atom stereocenters. The summed E-state index contributed by atoms with van der Waals surface area (Å²) in [6, 6.07) is 0. The van der Waals surface area contributed by atoms with E-state index in [4.69, 9.17) is 51.1 Å². The predicted molar refractivity (Wildman–Crippen MR) is 70.2 cm³/mol. The molecule has 0 amide bonds. The standard InChI is InChI=1S/C11H12Cl4O2/c1-3-8-5-6-9(4-2,17-8)11(14,15)7(16)10(8,12)13/h5-6H,3-4H2,1-2H3. The van der Waals surface area contributed by atoms with Crippen LogP contribution < -0.4 is 0 Å². The van der Waals surface area contributed by atoms with Crippen LogP contribution in [0.4, 0.5) is 0 Å². The molecular formula is C11H12Cl4O2. The zero-order valence-electron chi connectivity index (χ0n) is 9.40. The molecule has 0 radical (unpaired) electrons. The van der Waals surface area contributed by atoms with Crippen molar-refractivity contribution in [3.63, 3.8) is 0 Å². The number of halogens is 4. The number of fused-ring (bicyclic) bond motifs is 2. The van der Waals surface area contributed by atoms with Crippen LogP contribution in [0.25, 0.3) is 0 Å². The Morgan fingerprint density at radius 1 is 1.00 bits per heavy atom. The van der Waals surface area contributed by atoms with Crippen LogP contribution in [-0.4, -0.2) is 25.7 Å². The molecule has 96 valence electrons. The molecule has 0 aromatic rings. The average molecular weight is 318 g/mol. The van der Waals surface area contributed by atoms with Crippen molar-refractivity contribution in [2.45, 2.75) is 46.6 Å². The molecule has 0 saturated carbocycles. The van der Waals surface area contributed by atoms with Crippen LogP contribution in [0.1, 0.15) is 26.7 Å². The summed E-state index contributed by atoms with van der Waals surface area (Å²) in [5.74, 6) is -0.614. The van der Waals surface area contributed by atoms with Crippen LogP contribution in [0.15, 0.2) is 12.2 Å². The van der Waals surface area contributed by atoms with Crippen molar-refractivity contribution in [3.05, 3.63) is 12.2 Å². The summed E-state index contributed by atoms with van der Waals surface area (Å²) in [5.41, 5.74) is -2.09. The number of Topliss-reactive ketones (excluding diaryl/α,β-unsaturated/α-hetero) is 1. The van der Waals surface area contributed by atoms with Gasteiger partial charge in [0.15, 0.2) is 0 Å². The van der Waals surface area contributed by atoms with Crippen molar-refractivity contribution in [2.75, 3.05) is 0 Å². The molecule has 17 heavy (non-hydrogen) atoms. The molecule has 2 atom stereocenters. The number of rotatable bonds is 2. The summed E-state index contributed by atoms with van der Waals surface area (Å²) in [7, 11) is 0. The van der Waals surface area contributed by atoms with Crippen LogP contribution in [0.3, 0.4) is 0 Å². The summed E-state index contributed by atoms with van der Waals surface area (Å²) in [5, 5.41) is 0. The van der Waals surface area contributed by atoms with E-state index in [0.29, 0.717) is 12.8 Å². The summed E-state index contributed by atoms with van der Waals surface area (Å²) < 4.78 is 2.38. The minimum Gasteiger partial charge on any atom is -0.353 e. The fourth-order valence-electron chi connectivity index (χ4n) is 2.41. The second-order valence-electron chi connectivity index (χ2n) is 4.40. The first kappa shape index (κ1) is 14.0. The second-order valence-corrected chi connectivity index (χ2v) is 7.05. The van der Waals surface area contributed by atoms with Gasteiger partial charge >= 0.3 is 0 Å². The first-order valence-corrected chi connectivity index (χ1v) is 6.91. The number of carbonyl (C=O) groups is 1. The molecule has 6 heteroatoms. The van der Waals surface area contributed by atoms with Gasteiger partial charge in [0.2, 0.25) is 14.4 Å². The third-order valence-corrected chi connectivity index (χ3v) is 5.64. The smallest absolute Gasteiger partial charge is 0.211 e. The molecule has 0 aromatic carbocycles. The predicted octanol–water partition coefficient (Wildman–Crippen LogP) is 3.80. The van der Waals surface area contributed by atoms with Gasteiger partial charge in [0, 0.05) is 0 Å². The number of carbonyl (C=O) groups excluding carboxylic acids is 1. The highest BCUT2D eigenvalue weighted by atomic mass is 35.5. The van der Waals surface area contributed by atoms with Crippen LogP contribution in [0.2, 0.25) is 0 Å². The number of alkyl halides is 4. The van der Waals surface area contributed by atoms with Crippen molar-refractivity contribution in [2.24, 2.45) is 0 Å². The first-order chi connectivity index (χ1) is 7.69. The number of ether oxygens (including phenoxy) is 1. The molecule has 0 aliphatic carbocycles. The zero-order valence-corrected chi connectivity index (χ0v) is 12.4. The van der Waals surface area contributed by atoms with Gasteiger partial charge in [-0.1, -0.05) is 72.4 Å². The van der Waals surface area contributed by atoms with Crippen molar-refractivity contribution in [1.29, 1.82) is 0 Å². The van der Waals surface area contributed by atoms with Crippen LogP contribution >= 0.6 is 46.4 Å². The second kappa shape index (κ2) is 3.77. The maximum Gasteiger partial charge on any atom is 0.211 e. The van der Waals surface area contributed by atoms with Gasteiger partial charge in [-0.2, -0.15) is 0 Å². The SMILES string of the molecule is CCC12C=CC(CC)(O1)C(Cl)(Cl)C(=O)C2(Cl)Cl. The van der Waals surface area contributed by atoms with E-state index in [-0.39, 0.29) is 0 Å². The first-order valence-electron chi connectivity index (χ1n) is 5.40. The summed E-state index contributed by atoms with van der Waals surface area (Å²) in [6.07, 6.45) is 4.35. The maximum atomic E-state index is 12.3. The van der Waals surface area contributed by atoms with Gasteiger partial charge < -0.3 is 4.74 Å². The third kappa shape index (κ3) is 1.42. The van der Waals surface area contributed by atoms with E-state index >= 15 is 0 Å². The highest BCUT2D eigenvalue weighted by Gasteiger charge is 2.74. The lowest BCUT2D eigenvalue weighted by molar-refractivity contribution is -0.161. The van der Waals surface area contributed by atoms with Gasteiger partial charge in [-0.25, -0.2) is 0 Å². The molecule has 2 aliphatic rings. The van der Waals surface area contributed by atoms with Crippen LogP contribution in [-0.2, 0) is 9.53 Å². The molecule has 2 nitrogen and oxygen atoms in total. The van der Waals surface area contributed by atoms with E-state index in [9.17, 15) is 4.79 Å². The normalized spacial score (nSPS) is 41.9. The van der Waals surface area contributed by atoms with Crippen LogP contribution in [0.5, 0.6) is 0 Å². The topological polar surface area (TPSA) is 26.3 Å². The molecule has 1 fully saturated rings. The molecule has 0 spiro atoms. The molecule has 1 saturated heterocycles. The lowest BCUT2D eigenvalue weighted by atomic mass is 9.85. The fourth-order valence-corrected chi connectivity index (χ4v) is 4.11. The average Bonchev–Trinajstić information content (AvgIpc) is 2.68. The maximum absolute atomic E-state index is 12.3. The molecule has 2 rings (SSSR count). The van der Waals surface area contributed by atoms with E-state index in [2.05, 4.69) is 0 Å². The van der Waals surface area contributed by atoms with Crippen molar-refractivity contribution >= 4 is 52.2 Å². The molecule has 0 N–H and O–H groups in total. The Balaban J connectivity index is 2.63. The van der Waals surface area contributed by atoms with Crippen molar-refractivity contribution < 1.29 is 9.53 Å². The van der Waals surface area contributed by atoms with Gasteiger partial charge in [-0.15, -0.1) is 0 Å². The lowest BCUT2D eigenvalue weighted by Gasteiger charge is -2.51. The van der Waals surface area contributed by atoms with Gasteiger partial charge in [0.05, 0.1) is 0 Å². The van der Waals surface area contributed by atoms with Gasteiger partial charge in [0.25, 0.3) is 0 Å². The van der Waals surface area contributed by atoms with Gasteiger partial charge in [-0.05, 0) is 12.8 Å². The summed E-state index contributed by atoms with van der Waals surface area (Å²) >= 11 is 24.6. The van der Waals surface area contributed by atoms with Crippen molar-refractivity contribution in [1.82, 2.24) is 0 Å². The Morgan fingerprint density at radius 2 is 1.35 bits per heavy atom. The zero-order chi connectivity index (χ0) is 13.1. The lowest BCUT2D eigenvalue weighted by Crippen LogP contribution is -2.68. The Kier molecular flexibility index (Phi) is 3.09. The van der Waals surface area contributed by atoms with Crippen molar-refractivity contribution in [3.8, 4) is 0 Å². The minimum atomic E-state index is -1.77. The van der Waals surface area contributed by atoms with E-state index in [0.717, 1.165) is 0 Å². The largest absolute Gasteiger partial charge is 0.353 e. The Bertz CT molecular complexity index is 370. The Labute approximate surface area is 120 Å². The highest BCUT2D eigenvalue weighted by Crippen LogP contribution is 2.61. The quantitative estimate of drug-likeness (QED) is 0.572. The van der Waals surface area contributed by atoms with E-state index < -0.39 is 25.7 Å². The molecular weight excluding hydrogens is 306 g/mol. The third-order valence-electron chi connectivity index (χ3n) is 3.67. The number of hydrogen-bond acceptors (Lipinski definition) is 2. The molecule has 2 aliphatic heterocycles. The van der Waals surface area contributed by atoms with E-state index in [1.807, 2.05) is 13.8 Å². The molecule has 0 aromatic heterocycles. The molecule has 2 bridgehead atoms. The summed E-state index contributed by atoms with van der Waals surface area (Å²) in [6.45, 7) is 3.69. The van der Waals surface area contributed by atoms with Gasteiger partial charge in [-0.3, -0.25) is 4.79 Å². The van der Waals surface area contributed by atoms with Crippen LogP contribution in [0, 0.1) is 0 Å². The summed E-state index contributed by atoms with van der Waals surface area (Å²) in [4.78, 5) is 12.3. The monoisotopic (exact) mass is 316 g/mol. The molecule has 2 heterocycles. The van der Waals surface area contributed by atoms with E-state index in [1.54, 1.807) is 12.2 Å². The van der Waals surface area contributed by atoms with Gasteiger partial charge in [0.1, 0.15) is 11.2 Å². The minimum absolute atomic E-state index is 0.466. The van der Waals surface area contributed by atoms with E-state index in [1.165, 1.54) is 0 Å². The Hall–Kier alpha value is 0.530. The fraction of sp³-hybridized carbons (Fsp3) is 0.727. The number of ketones is 1. The number of hydrogen-bond donors (Lipinski definition) is 0. The highest BCUT2D eigenvalue weighted by molar-refractivity contribution is 6.70.